The minimum absolute atomic E-state index is 0.175. The second kappa shape index (κ2) is 6.10. The molecule has 0 aliphatic rings. The van der Waals surface area contributed by atoms with Gasteiger partial charge in [-0.3, -0.25) is 9.36 Å². The highest BCUT2D eigenvalue weighted by atomic mass is 31.2. The summed E-state index contributed by atoms with van der Waals surface area (Å²) in [4.78, 5) is 12.0. The molecule has 17 heavy (non-hydrogen) atoms. The summed E-state index contributed by atoms with van der Waals surface area (Å²) in [6.45, 7) is 5.62. The van der Waals surface area contributed by atoms with E-state index in [2.05, 4.69) is 0 Å². The molecule has 0 radical (unpaired) electrons. The third kappa shape index (κ3) is 3.50. The standard InChI is InChI=1S/C12H17O4P/c1-4-15-17(14,16-5-2)12(13)11-8-6-10(3)7-9-11/h6-9H,4-5H2,1-3H3. The zero-order chi connectivity index (χ0) is 12.9. The molecule has 0 amide bonds. The summed E-state index contributed by atoms with van der Waals surface area (Å²) in [6.07, 6.45) is 0. The fourth-order valence-corrected chi connectivity index (χ4v) is 2.80. The lowest BCUT2D eigenvalue weighted by molar-refractivity contribution is 0.100. The molecule has 0 bridgehead atoms. The summed E-state index contributed by atoms with van der Waals surface area (Å²) in [7, 11) is -3.69. The van der Waals surface area contributed by atoms with Crippen molar-refractivity contribution in [3.8, 4) is 0 Å². The highest BCUT2D eigenvalue weighted by Crippen LogP contribution is 2.50. The van der Waals surface area contributed by atoms with Crippen LogP contribution in [0.1, 0.15) is 29.8 Å². The molecule has 0 aliphatic carbocycles. The maximum Gasteiger partial charge on any atom is 0.401 e. The third-order valence-corrected chi connectivity index (χ3v) is 4.10. The molecule has 5 heteroatoms. The van der Waals surface area contributed by atoms with E-state index in [1.165, 1.54) is 0 Å². The molecular weight excluding hydrogens is 239 g/mol. The van der Waals surface area contributed by atoms with Gasteiger partial charge in [-0.05, 0) is 20.8 Å². The second-order valence-electron chi connectivity index (χ2n) is 3.50. The molecule has 0 atom stereocenters. The first kappa shape index (κ1) is 14.1. The number of rotatable bonds is 6. The number of hydrogen-bond acceptors (Lipinski definition) is 4. The topological polar surface area (TPSA) is 52.6 Å². The Hall–Kier alpha value is -0.960. The zero-order valence-electron chi connectivity index (χ0n) is 10.3. The molecule has 1 aromatic rings. The molecule has 4 nitrogen and oxygen atoms in total. The predicted octanol–water partition coefficient (Wildman–Crippen LogP) is 3.40. The van der Waals surface area contributed by atoms with Gasteiger partial charge in [-0.1, -0.05) is 29.8 Å². The van der Waals surface area contributed by atoms with Gasteiger partial charge < -0.3 is 9.05 Å². The molecule has 0 saturated carbocycles. The monoisotopic (exact) mass is 256 g/mol. The summed E-state index contributed by atoms with van der Waals surface area (Å²) < 4.78 is 22.2. The van der Waals surface area contributed by atoms with Crippen molar-refractivity contribution in [3.63, 3.8) is 0 Å². The molecule has 1 aromatic carbocycles. The van der Waals surface area contributed by atoms with Crippen LogP contribution in [-0.2, 0) is 13.6 Å². The normalized spacial score (nSPS) is 11.5. The Kier molecular flexibility index (Phi) is 5.06. The van der Waals surface area contributed by atoms with Crippen molar-refractivity contribution in [1.82, 2.24) is 0 Å². The Morgan fingerprint density at radius 2 is 1.59 bits per heavy atom. The summed E-state index contributed by atoms with van der Waals surface area (Å²) in [5, 5.41) is 0. The maximum atomic E-state index is 12.2. The molecule has 0 heterocycles. The van der Waals surface area contributed by atoms with Crippen LogP contribution < -0.4 is 0 Å². The number of hydrogen-bond donors (Lipinski definition) is 0. The van der Waals surface area contributed by atoms with Crippen molar-refractivity contribution < 1.29 is 18.4 Å². The van der Waals surface area contributed by atoms with Gasteiger partial charge in [-0.2, -0.15) is 0 Å². The van der Waals surface area contributed by atoms with Gasteiger partial charge in [0.1, 0.15) is 0 Å². The van der Waals surface area contributed by atoms with Crippen LogP contribution in [0.3, 0.4) is 0 Å². The number of carbonyl (C=O) groups is 1. The van der Waals surface area contributed by atoms with E-state index in [1.807, 2.05) is 6.92 Å². The van der Waals surface area contributed by atoms with E-state index in [1.54, 1.807) is 38.1 Å². The Morgan fingerprint density at radius 1 is 1.12 bits per heavy atom. The number of carbonyl (C=O) groups excluding carboxylic acids is 1. The van der Waals surface area contributed by atoms with Crippen molar-refractivity contribution in [3.05, 3.63) is 35.4 Å². The van der Waals surface area contributed by atoms with E-state index in [4.69, 9.17) is 9.05 Å². The van der Waals surface area contributed by atoms with E-state index in [9.17, 15) is 9.36 Å². The van der Waals surface area contributed by atoms with Crippen molar-refractivity contribution in [1.29, 1.82) is 0 Å². The molecule has 1 rings (SSSR count). The maximum absolute atomic E-state index is 12.2. The first-order chi connectivity index (χ1) is 8.03. The largest absolute Gasteiger partial charge is 0.401 e. The summed E-state index contributed by atoms with van der Waals surface area (Å²) >= 11 is 0. The average molecular weight is 256 g/mol. The zero-order valence-corrected chi connectivity index (χ0v) is 11.2. The Morgan fingerprint density at radius 3 is 2.00 bits per heavy atom. The van der Waals surface area contributed by atoms with Crippen LogP contribution in [0.2, 0.25) is 0 Å². The average Bonchev–Trinajstić information content (AvgIpc) is 2.30. The van der Waals surface area contributed by atoms with Crippen LogP contribution in [0, 0.1) is 6.92 Å². The van der Waals surface area contributed by atoms with Gasteiger partial charge in [0.25, 0.3) is 5.52 Å². The summed E-state index contributed by atoms with van der Waals surface area (Å²) in [6, 6.07) is 6.83. The van der Waals surface area contributed by atoms with Crippen LogP contribution in [0.15, 0.2) is 24.3 Å². The molecular formula is C12H17O4P. The van der Waals surface area contributed by atoms with Gasteiger partial charge in [0.05, 0.1) is 13.2 Å². The van der Waals surface area contributed by atoms with E-state index >= 15 is 0 Å². The number of aryl methyl sites for hydroxylation is 1. The van der Waals surface area contributed by atoms with Crippen molar-refractivity contribution in [2.45, 2.75) is 20.8 Å². The van der Waals surface area contributed by atoms with Crippen molar-refractivity contribution >= 4 is 13.1 Å². The third-order valence-electron chi connectivity index (χ3n) is 2.15. The fraction of sp³-hybridized carbons (Fsp3) is 0.417. The van der Waals surface area contributed by atoms with E-state index in [-0.39, 0.29) is 13.2 Å². The molecule has 0 saturated heterocycles. The van der Waals surface area contributed by atoms with Crippen LogP contribution in [0.5, 0.6) is 0 Å². The summed E-state index contributed by atoms with van der Waals surface area (Å²) in [5.74, 6) is 0. The van der Waals surface area contributed by atoms with E-state index < -0.39 is 13.1 Å². The van der Waals surface area contributed by atoms with Crippen LogP contribution >= 0.6 is 7.60 Å². The quantitative estimate of drug-likeness (QED) is 0.732. The van der Waals surface area contributed by atoms with Crippen LogP contribution in [0.25, 0.3) is 0 Å². The van der Waals surface area contributed by atoms with Crippen LogP contribution in [-0.4, -0.2) is 18.7 Å². The Balaban J connectivity index is 2.99. The fourth-order valence-electron chi connectivity index (χ4n) is 1.35. The Labute approximate surface area is 101 Å². The van der Waals surface area contributed by atoms with Gasteiger partial charge in [0.2, 0.25) is 0 Å². The van der Waals surface area contributed by atoms with Crippen LogP contribution in [0.4, 0.5) is 0 Å². The SMILES string of the molecule is CCOP(=O)(OCC)C(=O)c1ccc(C)cc1. The first-order valence-corrected chi connectivity index (χ1v) is 7.08. The second-order valence-corrected chi connectivity index (χ2v) is 5.42. The minimum atomic E-state index is -3.69. The minimum Gasteiger partial charge on any atom is -0.303 e. The van der Waals surface area contributed by atoms with E-state index in [0.29, 0.717) is 5.56 Å². The molecule has 0 aliphatic heterocycles. The highest BCUT2D eigenvalue weighted by molar-refractivity contribution is 7.72. The Bertz CT molecular complexity index is 415. The smallest absolute Gasteiger partial charge is 0.303 e. The first-order valence-electron chi connectivity index (χ1n) is 5.54. The van der Waals surface area contributed by atoms with Gasteiger partial charge in [0.15, 0.2) is 0 Å². The van der Waals surface area contributed by atoms with Gasteiger partial charge >= 0.3 is 7.60 Å². The lowest BCUT2D eigenvalue weighted by Crippen LogP contribution is -2.07. The van der Waals surface area contributed by atoms with Gasteiger partial charge in [0, 0.05) is 5.56 Å². The molecule has 0 aromatic heterocycles. The van der Waals surface area contributed by atoms with Crippen molar-refractivity contribution in [2.24, 2.45) is 0 Å². The lowest BCUT2D eigenvalue weighted by atomic mass is 10.2. The van der Waals surface area contributed by atoms with E-state index in [0.717, 1.165) is 5.56 Å². The highest BCUT2D eigenvalue weighted by Gasteiger charge is 2.34. The van der Waals surface area contributed by atoms with Gasteiger partial charge in [-0.25, -0.2) is 0 Å². The molecule has 0 spiro atoms. The summed E-state index contributed by atoms with van der Waals surface area (Å²) in [5.41, 5.74) is 0.797. The molecule has 0 N–H and O–H groups in total. The molecule has 0 fully saturated rings. The van der Waals surface area contributed by atoms with Gasteiger partial charge in [-0.15, -0.1) is 0 Å². The lowest BCUT2D eigenvalue weighted by Gasteiger charge is -2.15. The van der Waals surface area contributed by atoms with Crippen molar-refractivity contribution in [2.75, 3.05) is 13.2 Å². The number of benzene rings is 1. The molecule has 94 valence electrons. The molecule has 0 unspecified atom stereocenters. The predicted molar refractivity (Wildman–Crippen MR) is 66.4 cm³/mol.